The van der Waals surface area contributed by atoms with Crippen molar-refractivity contribution < 1.29 is 14.2 Å². The number of rotatable bonds is 7. The van der Waals surface area contributed by atoms with Gasteiger partial charge in [0, 0.05) is 29.0 Å². The van der Waals surface area contributed by atoms with Crippen molar-refractivity contribution in [2.75, 3.05) is 13.2 Å². The molecule has 0 amide bonds. The zero-order valence-electron chi connectivity index (χ0n) is 16.8. The molecule has 32 heavy (non-hydrogen) atoms. The normalized spacial score (nSPS) is 20.5. The highest BCUT2D eigenvalue weighted by molar-refractivity contribution is 6.35. The van der Waals surface area contributed by atoms with Crippen LogP contribution in [0.2, 0.25) is 10.0 Å². The predicted molar refractivity (Wildman–Crippen MR) is 118 cm³/mol. The summed E-state index contributed by atoms with van der Waals surface area (Å²) in [6.07, 6.45) is 8.07. The molecule has 4 aromatic rings. The molecule has 1 aliphatic rings. The fourth-order valence-electron chi connectivity index (χ4n) is 3.62. The molecule has 164 valence electrons. The van der Waals surface area contributed by atoms with E-state index in [0.717, 1.165) is 5.69 Å². The van der Waals surface area contributed by atoms with Crippen LogP contribution in [0.25, 0.3) is 5.69 Å². The second kappa shape index (κ2) is 8.91. The van der Waals surface area contributed by atoms with Crippen molar-refractivity contribution in [3.8, 4) is 11.4 Å². The lowest BCUT2D eigenvalue weighted by molar-refractivity contribution is -0.189. The Kier molecular flexibility index (Phi) is 5.84. The molecule has 0 radical (unpaired) electrons. The Bertz CT molecular complexity index is 1190. The van der Waals surface area contributed by atoms with Gasteiger partial charge in [0.05, 0.1) is 30.2 Å². The van der Waals surface area contributed by atoms with Crippen LogP contribution >= 0.6 is 23.2 Å². The minimum atomic E-state index is -1.08. The van der Waals surface area contributed by atoms with Gasteiger partial charge in [0.25, 0.3) is 0 Å². The van der Waals surface area contributed by atoms with Gasteiger partial charge in [0.15, 0.2) is 0 Å². The SMILES string of the molecule is Clc1ccc(C2(Cn3ccnc3)OCC(COc3cccc(-n4cncn4)c3)O2)c(Cl)c1. The fourth-order valence-corrected chi connectivity index (χ4v) is 4.17. The predicted octanol–water partition coefficient (Wildman–Crippen LogP) is 4.12. The summed E-state index contributed by atoms with van der Waals surface area (Å²) >= 11 is 12.6. The largest absolute Gasteiger partial charge is 0.491 e. The third-order valence-electron chi connectivity index (χ3n) is 5.09. The molecule has 0 aliphatic carbocycles. The van der Waals surface area contributed by atoms with E-state index in [9.17, 15) is 0 Å². The maximum atomic E-state index is 6.51. The van der Waals surface area contributed by atoms with Crippen molar-refractivity contribution in [2.24, 2.45) is 0 Å². The Hall–Kier alpha value is -2.91. The van der Waals surface area contributed by atoms with E-state index in [1.807, 2.05) is 41.1 Å². The summed E-state index contributed by atoms with van der Waals surface area (Å²) in [5.41, 5.74) is 1.55. The first kappa shape index (κ1) is 21.0. The molecule has 1 aliphatic heterocycles. The standard InChI is InChI=1S/C22H19Cl2N5O3/c23-16-4-5-20(21(24)8-16)22(12-28-7-6-25-14-28)31-11-19(32-22)10-30-18-3-1-2-17(9-18)29-15-26-13-27-29/h1-9,13-15,19H,10-12H2. The highest BCUT2D eigenvalue weighted by Crippen LogP contribution is 2.40. The summed E-state index contributed by atoms with van der Waals surface area (Å²) in [5.74, 6) is -0.392. The van der Waals surface area contributed by atoms with E-state index >= 15 is 0 Å². The van der Waals surface area contributed by atoms with Crippen LogP contribution in [0.5, 0.6) is 5.75 Å². The molecule has 2 atom stereocenters. The third-order valence-corrected chi connectivity index (χ3v) is 5.64. The van der Waals surface area contributed by atoms with Gasteiger partial charge in [-0.1, -0.05) is 35.3 Å². The highest BCUT2D eigenvalue weighted by atomic mass is 35.5. The molecule has 10 heteroatoms. The lowest BCUT2D eigenvalue weighted by atomic mass is 10.1. The van der Waals surface area contributed by atoms with Crippen molar-refractivity contribution >= 4 is 23.2 Å². The minimum absolute atomic E-state index is 0.303. The van der Waals surface area contributed by atoms with E-state index in [0.29, 0.717) is 41.1 Å². The Morgan fingerprint density at radius 3 is 2.84 bits per heavy atom. The smallest absolute Gasteiger partial charge is 0.215 e. The summed E-state index contributed by atoms with van der Waals surface area (Å²) in [6, 6.07) is 12.9. The summed E-state index contributed by atoms with van der Waals surface area (Å²) < 4.78 is 22.2. The number of hydrogen-bond acceptors (Lipinski definition) is 6. The number of benzene rings is 2. The van der Waals surface area contributed by atoms with Gasteiger partial charge in [-0.25, -0.2) is 14.6 Å². The highest BCUT2D eigenvalue weighted by Gasteiger charge is 2.45. The summed E-state index contributed by atoms with van der Waals surface area (Å²) in [7, 11) is 0. The van der Waals surface area contributed by atoms with Crippen LogP contribution in [-0.4, -0.2) is 43.6 Å². The summed E-state index contributed by atoms with van der Waals surface area (Å²) in [4.78, 5) is 8.09. The lowest BCUT2D eigenvalue weighted by Gasteiger charge is -2.30. The van der Waals surface area contributed by atoms with Crippen molar-refractivity contribution in [1.29, 1.82) is 0 Å². The Morgan fingerprint density at radius 2 is 2.06 bits per heavy atom. The van der Waals surface area contributed by atoms with Gasteiger partial charge < -0.3 is 18.8 Å². The van der Waals surface area contributed by atoms with E-state index in [-0.39, 0.29) is 6.10 Å². The molecule has 2 aromatic heterocycles. The van der Waals surface area contributed by atoms with Crippen LogP contribution in [0.3, 0.4) is 0 Å². The lowest BCUT2D eigenvalue weighted by Crippen LogP contribution is -2.34. The first-order chi connectivity index (χ1) is 15.6. The molecule has 0 saturated carbocycles. The van der Waals surface area contributed by atoms with Gasteiger partial charge in [-0.15, -0.1) is 0 Å². The van der Waals surface area contributed by atoms with Crippen LogP contribution in [0.4, 0.5) is 0 Å². The van der Waals surface area contributed by atoms with Crippen molar-refractivity contribution in [3.05, 3.63) is 89.4 Å². The molecule has 0 N–H and O–H groups in total. The molecule has 2 aromatic carbocycles. The molecular weight excluding hydrogens is 453 g/mol. The Labute approximate surface area is 194 Å². The second-order valence-electron chi connectivity index (χ2n) is 7.31. The number of hydrogen-bond donors (Lipinski definition) is 0. The number of imidazole rings is 1. The summed E-state index contributed by atoms with van der Waals surface area (Å²) in [5, 5.41) is 5.16. The molecule has 1 saturated heterocycles. The number of aromatic nitrogens is 5. The fraction of sp³-hybridized carbons (Fsp3) is 0.227. The number of halogens is 2. The topological polar surface area (TPSA) is 76.2 Å². The molecule has 0 bridgehead atoms. The maximum absolute atomic E-state index is 6.51. The molecular formula is C22H19Cl2N5O3. The van der Waals surface area contributed by atoms with E-state index in [4.69, 9.17) is 37.4 Å². The van der Waals surface area contributed by atoms with Gasteiger partial charge in [0.1, 0.15) is 31.1 Å². The van der Waals surface area contributed by atoms with Crippen molar-refractivity contribution in [2.45, 2.75) is 18.4 Å². The second-order valence-corrected chi connectivity index (χ2v) is 8.16. The Balaban J connectivity index is 1.33. The van der Waals surface area contributed by atoms with Crippen LogP contribution in [-0.2, 0) is 21.8 Å². The van der Waals surface area contributed by atoms with E-state index in [1.54, 1.807) is 35.7 Å². The summed E-state index contributed by atoms with van der Waals surface area (Å²) in [6.45, 7) is 1.03. The molecule has 1 fully saturated rings. The van der Waals surface area contributed by atoms with Gasteiger partial charge >= 0.3 is 0 Å². The van der Waals surface area contributed by atoms with E-state index in [2.05, 4.69) is 15.1 Å². The first-order valence-corrected chi connectivity index (χ1v) is 10.7. The van der Waals surface area contributed by atoms with Gasteiger partial charge in [-0.2, -0.15) is 5.10 Å². The number of ether oxygens (including phenoxy) is 3. The zero-order valence-corrected chi connectivity index (χ0v) is 18.4. The Morgan fingerprint density at radius 1 is 1.12 bits per heavy atom. The van der Waals surface area contributed by atoms with Crippen LogP contribution < -0.4 is 4.74 Å². The van der Waals surface area contributed by atoms with E-state index < -0.39 is 5.79 Å². The van der Waals surface area contributed by atoms with Gasteiger partial charge in [-0.05, 0) is 24.3 Å². The van der Waals surface area contributed by atoms with Gasteiger partial charge in [-0.3, -0.25) is 0 Å². The van der Waals surface area contributed by atoms with Crippen LogP contribution in [0.1, 0.15) is 5.56 Å². The molecule has 3 heterocycles. The quantitative estimate of drug-likeness (QED) is 0.403. The van der Waals surface area contributed by atoms with Crippen LogP contribution in [0, 0.1) is 0 Å². The molecule has 5 rings (SSSR count). The minimum Gasteiger partial charge on any atom is -0.491 e. The molecule has 8 nitrogen and oxygen atoms in total. The van der Waals surface area contributed by atoms with Crippen molar-refractivity contribution in [3.63, 3.8) is 0 Å². The zero-order chi connectivity index (χ0) is 22.0. The first-order valence-electron chi connectivity index (χ1n) is 9.92. The van der Waals surface area contributed by atoms with Gasteiger partial charge in [0.2, 0.25) is 5.79 Å². The monoisotopic (exact) mass is 471 g/mol. The van der Waals surface area contributed by atoms with E-state index in [1.165, 1.54) is 6.33 Å². The molecule has 0 spiro atoms. The average Bonchev–Trinajstić information content (AvgIpc) is 3.56. The number of nitrogens with zero attached hydrogens (tertiary/aromatic N) is 5. The average molecular weight is 472 g/mol. The molecule has 2 unspecified atom stereocenters. The van der Waals surface area contributed by atoms with Crippen LogP contribution in [0.15, 0.2) is 73.8 Å². The maximum Gasteiger partial charge on any atom is 0.215 e. The van der Waals surface area contributed by atoms with Crippen molar-refractivity contribution in [1.82, 2.24) is 24.3 Å². The third kappa shape index (κ3) is 4.35.